The topological polar surface area (TPSA) is 77.8 Å². The van der Waals surface area contributed by atoms with Crippen molar-refractivity contribution in [3.05, 3.63) is 40.5 Å². The van der Waals surface area contributed by atoms with Gasteiger partial charge in [0, 0.05) is 18.1 Å². The van der Waals surface area contributed by atoms with E-state index in [9.17, 15) is 20.1 Å². The highest BCUT2D eigenvalue weighted by molar-refractivity contribution is 6.01. The Morgan fingerprint density at radius 1 is 1.04 bits per heavy atom. The molecule has 4 heteroatoms. The standard InChI is InChI=1S/C21H30O4/c1-5-6-10-17(22)20-19(24)13-18(23)16(21(20)25)12-11-15(4)9-7-8-14(2)3/h8,11,13,23-25H,5-7,9-10,12H2,1-4H3/b15-11+. The number of allylic oxidation sites excluding steroid dienone is 4. The smallest absolute Gasteiger partial charge is 0.170 e. The van der Waals surface area contributed by atoms with Gasteiger partial charge < -0.3 is 15.3 Å². The van der Waals surface area contributed by atoms with Crippen LogP contribution in [-0.4, -0.2) is 21.1 Å². The number of aromatic hydroxyl groups is 3. The third-order valence-electron chi connectivity index (χ3n) is 4.14. The molecule has 0 amide bonds. The molecule has 0 spiro atoms. The van der Waals surface area contributed by atoms with E-state index in [2.05, 4.69) is 19.9 Å². The number of phenols is 3. The van der Waals surface area contributed by atoms with Gasteiger partial charge in [0.05, 0.1) is 0 Å². The van der Waals surface area contributed by atoms with Crippen LogP contribution in [0.25, 0.3) is 0 Å². The fraction of sp³-hybridized carbons (Fsp3) is 0.476. The molecule has 0 fully saturated rings. The molecular weight excluding hydrogens is 316 g/mol. The molecule has 0 aliphatic carbocycles. The Labute approximate surface area is 150 Å². The lowest BCUT2D eigenvalue weighted by molar-refractivity contribution is 0.0974. The van der Waals surface area contributed by atoms with Crippen LogP contribution in [-0.2, 0) is 6.42 Å². The van der Waals surface area contributed by atoms with Crippen LogP contribution in [0, 0.1) is 0 Å². The first-order chi connectivity index (χ1) is 11.8. The number of rotatable bonds is 9. The predicted octanol–water partition coefficient (Wildman–Crippen LogP) is 5.41. The first kappa shape index (κ1) is 20.8. The number of benzene rings is 1. The van der Waals surface area contributed by atoms with Gasteiger partial charge in [-0.25, -0.2) is 0 Å². The molecule has 1 aromatic carbocycles. The van der Waals surface area contributed by atoms with Crippen molar-refractivity contribution in [3.8, 4) is 17.2 Å². The van der Waals surface area contributed by atoms with E-state index in [1.807, 2.05) is 19.9 Å². The summed E-state index contributed by atoms with van der Waals surface area (Å²) >= 11 is 0. The van der Waals surface area contributed by atoms with Gasteiger partial charge in [-0.3, -0.25) is 4.79 Å². The molecular formula is C21H30O4. The molecule has 0 bridgehead atoms. The molecule has 0 heterocycles. The highest BCUT2D eigenvalue weighted by atomic mass is 16.3. The first-order valence-corrected chi connectivity index (χ1v) is 8.86. The van der Waals surface area contributed by atoms with E-state index in [1.165, 1.54) is 5.57 Å². The first-order valence-electron chi connectivity index (χ1n) is 8.86. The zero-order chi connectivity index (χ0) is 19.0. The molecule has 0 aliphatic rings. The van der Waals surface area contributed by atoms with E-state index >= 15 is 0 Å². The predicted molar refractivity (Wildman–Crippen MR) is 101 cm³/mol. The van der Waals surface area contributed by atoms with E-state index in [-0.39, 0.29) is 40.6 Å². The van der Waals surface area contributed by atoms with Crippen molar-refractivity contribution in [2.24, 2.45) is 0 Å². The van der Waals surface area contributed by atoms with Crippen molar-refractivity contribution in [1.29, 1.82) is 0 Å². The third kappa shape index (κ3) is 6.29. The molecule has 3 N–H and O–H groups in total. The third-order valence-corrected chi connectivity index (χ3v) is 4.14. The number of Topliss-reactive ketones (excluding diaryl/α,β-unsaturated/α-hetero) is 1. The second kappa shape index (κ2) is 9.92. The Kier molecular flexibility index (Phi) is 8.26. The van der Waals surface area contributed by atoms with Gasteiger partial charge in [0.25, 0.3) is 0 Å². The quantitative estimate of drug-likeness (QED) is 0.412. The number of phenolic OH excluding ortho intramolecular Hbond substituents is 3. The number of hydrogen-bond acceptors (Lipinski definition) is 4. The van der Waals surface area contributed by atoms with Crippen LogP contribution in [0.2, 0.25) is 0 Å². The van der Waals surface area contributed by atoms with Gasteiger partial charge >= 0.3 is 0 Å². The van der Waals surface area contributed by atoms with Crippen molar-refractivity contribution >= 4 is 5.78 Å². The van der Waals surface area contributed by atoms with Crippen LogP contribution >= 0.6 is 0 Å². The van der Waals surface area contributed by atoms with Gasteiger partial charge in [0.2, 0.25) is 0 Å². The average molecular weight is 346 g/mol. The van der Waals surface area contributed by atoms with Crippen molar-refractivity contribution < 1.29 is 20.1 Å². The molecule has 1 rings (SSSR count). The van der Waals surface area contributed by atoms with Crippen LogP contribution in [0.1, 0.15) is 75.7 Å². The molecule has 0 atom stereocenters. The summed E-state index contributed by atoms with van der Waals surface area (Å²) in [6.45, 7) is 8.09. The summed E-state index contributed by atoms with van der Waals surface area (Å²) in [6.07, 6.45) is 8.06. The van der Waals surface area contributed by atoms with Crippen molar-refractivity contribution in [2.75, 3.05) is 0 Å². The summed E-state index contributed by atoms with van der Waals surface area (Å²) in [5.41, 5.74) is 2.61. The largest absolute Gasteiger partial charge is 0.507 e. The minimum absolute atomic E-state index is 0.0863. The molecule has 4 nitrogen and oxygen atoms in total. The number of hydrogen-bond donors (Lipinski definition) is 3. The molecule has 138 valence electrons. The lowest BCUT2D eigenvalue weighted by Crippen LogP contribution is -2.02. The SMILES string of the molecule is CCCCC(=O)c1c(O)cc(O)c(C/C=C(\C)CCC=C(C)C)c1O. The van der Waals surface area contributed by atoms with Crippen LogP contribution in [0.5, 0.6) is 17.2 Å². The van der Waals surface area contributed by atoms with Gasteiger partial charge in [0.15, 0.2) is 5.78 Å². The summed E-state index contributed by atoms with van der Waals surface area (Å²) in [6, 6.07) is 1.14. The van der Waals surface area contributed by atoms with Crippen molar-refractivity contribution in [2.45, 2.75) is 66.2 Å². The zero-order valence-corrected chi connectivity index (χ0v) is 15.7. The number of carbonyl (C=O) groups excluding carboxylic acids is 1. The molecule has 0 saturated carbocycles. The highest BCUT2D eigenvalue weighted by Gasteiger charge is 2.21. The summed E-state index contributed by atoms with van der Waals surface area (Å²) in [5, 5.41) is 30.4. The van der Waals surface area contributed by atoms with Gasteiger partial charge in [-0.05, 0) is 46.5 Å². The average Bonchev–Trinajstić information content (AvgIpc) is 2.51. The van der Waals surface area contributed by atoms with E-state index < -0.39 is 0 Å². The van der Waals surface area contributed by atoms with Crippen LogP contribution < -0.4 is 0 Å². The molecule has 0 saturated heterocycles. The lowest BCUT2D eigenvalue weighted by atomic mass is 9.97. The minimum Gasteiger partial charge on any atom is -0.507 e. The maximum absolute atomic E-state index is 12.2. The van der Waals surface area contributed by atoms with Crippen LogP contribution in [0.4, 0.5) is 0 Å². The highest BCUT2D eigenvalue weighted by Crippen LogP contribution is 2.39. The van der Waals surface area contributed by atoms with Crippen LogP contribution in [0.15, 0.2) is 29.4 Å². The van der Waals surface area contributed by atoms with Crippen LogP contribution in [0.3, 0.4) is 0 Å². The molecule has 0 aliphatic heterocycles. The van der Waals surface area contributed by atoms with E-state index in [0.717, 1.165) is 30.9 Å². The maximum atomic E-state index is 12.2. The number of carbonyl (C=O) groups is 1. The molecule has 0 unspecified atom stereocenters. The van der Waals surface area contributed by atoms with Gasteiger partial charge in [-0.2, -0.15) is 0 Å². The Balaban J connectivity index is 3.00. The second-order valence-corrected chi connectivity index (χ2v) is 6.72. The molecule has 0 radical (unpaired) electrons. The fourth-order valence-electron chi connectivity index (χ4n) is 2.59. The monoisotopic (exact) mass is 346 g/mol. The summed E-state index contributed by atoms with van der Waals surface area (Å²) < 4.78 is 0. The Morgan fingerprint density at radius 3 is 2.32 bits per heavy atom. The molecule has 0 aromatic heterocycles. The van der Waals surface area contributed by atoms with Crippen molar-refractivity contribution in [3.63, 3.8) is 0 Å². The normalized spacial score (nSPS) is 11.4. The molecule has 1 aromatic rings. The van der Waals surface area contributed by atoms with E-state index in [1.54, 1.807) is 0 Å². The van der Waals surface area contributed by atoms with Gasteiger partial charge in [0.1, 0.15) is 22.8 Å². The van der Waals surface area contributed by atoms with Gasteiger partial charge in [-0.1, -0.05) is 36.6 Å². The number of ketones is 1. The summed E-state index contributed by atoms with van der Waals surface area (Å²) in [5.74, 6) is -1.19. The number of unbranched alkanes of at least 4 members (excludes halogenated alkanes) is 1. The Morgan fingerprint density at radius 2 is 1.72 bits per heavy atom. The minimum atomic E-state index is -0.371. The van der Waals surface area contributed by atoms with Crippen molar-refractivity contribution in [1.82, 2.24) is 0 Å². The zero-order valence-electron chi connectivity index (χ0n) is 15.7. The van der Waals surface area contributed by atoms with E-state index in [4.69, 9.17) is 0 Å². The fourth-order valence-corrected chi connectivity index (χ4v) is 2.59. The second-order valence-electron chi connectivity index (χ2n) is 6.72. The Hall–Kier alpha value is -2.23. The molecule has 25 heavy (non-hydrogen) atoms. The van der Waals surface area contributed by atoms with Gasteiger partial charge in [-0.15, -0.1) is 0 Å². The Bertz CT molecular complexity index is 665. The summed E-state index contributed by atoms with van der Waals surface area (Å²) in [7, 11) is 0. The summed E-state index contributed by atoms with van der Waals surface area (Å²) in [4.78, 5) is 12.2. The van der Waals surface area contributed by atoms with E-state index in [0.29, 0.717) is 12.8 Å². The maximum Gasteiger partial charge on any atom is 0.170 e. The lowest BCUT2D eigenvalue weighted by Gasteiger charge is -2.12.